The van der Waals surface area contributed by atoms with Crippen molar-refractivity contribution in [2.45, 2.75) is 6.92 Å². The molecule has 6 nitrogen and oxygen atoms in total. The van der Waals surface area contributed by atoms with Crippen molar-refractivity contribution in [3.05, 3.63) is 0 Å². The molecular weight excluding hydrogens is 280 g/mol. The fourth-order valence-electron chi connectivity index (χ4n) is 3.20. The predicted molar refractivity (Wildman–Crippen MR) is 89.3 cm³/mol. The molecule has 0 aromatic heterocycles. The van der Waals surface area contributed by atoms with Crippen LogP contribution >= 0.6 is 0 Å². The zero-order valence-corrected chi connectivity index (χ0v) is 14.3. The van der Waals surface area contributed by atoms with Crippen LogP contribution < -0.4 is 0 Å². The van der Waals surface area contributed by atoms with Crippen LogP contribution in [0.5, 0.6) is 0 Å². The number of nitrogens with zero attached hydrogens (tertiary/aromatic N) is 4. The molecule has 130 valence electrons. The Morgan fingerprint density at radius 3 is 1.50 bits per heavy atom. The molecule has 0 radical (unpaired) electrons. The van der Waals surface area contributed by atoms with Crippen molar-refractivity contribution in [2.24, 2.45) is 0 Å². The maximum Gasteiger partial charge on any atom is 0.0594 e. The second-order valence-electron chi connectivity index (χ2n) is 6.30. The van der Waals surface area contributed by atoms with E-state index in [4.69, 9.17) is 9.84 Å². The monoisotopic (exact) mass is 314 g/mol. The largest absolute Gasteiger partial charge is 0.395 e. The van der Waals surface area contributed by atoms with Crippen LogP contribution in [0.15, 0.2) is 0 Å². The maximum atomic E-state index is 8.94. The number of hydrogen-bond acceptors (Lipinski definition) is 6. The van der Waals surface area contributed by atoms with Gasteiger partial charge < -0.3 is 14.7 Å². The van der Waals surface area contributed by atoms with Gasteiger partial charge in [-0.25, -0.2) is 0 Å². The number of rotatable bonds is 9. The Hall–Kier alpha value is -0.240. The summed E-state index contributed by atoms with van der Waals surface area (Å²) in [6.45, 7) is 17.4. The zero-order valence-electron chi connectivity index (χ0n) is 14.3. The average Bonchev–Trinajstić information content (AvgIpc) is 2.57. The van der Waals surface area contributed by atoms with Gasteiger partial charge in [-0.1, -0.05) is 6.92 Å². The molecule has 0 bridgehead atoms. The summed E-state index contributed by atoms with van der Waals surface area (Å²) in [5, 5.41) is 8.94. The van der Waals surface area contributed by atoms with Gasteiger partial charge in [0.05, 0.1) is 19.8 Å². The third kappa shape index (κ3) is 6.48. The second-order valence-corrected chi connectivity index (χ2v) is 6.30. The van der Waals surface area contributed by atoms with Gasteiger partial charge in [0.25, 0.3) is 0 Å². The van der Waals surface area contributed by atoms with Gasteiger partial charge in [-0.2, -0.15) is 0 Å². The van der Waals surface area contributed by atoms with Gasteiger partial charge in [-0.05, 0) is 6.54 Å². The molecule has 0 aromatic rings. The van der Waals surface area contributed by atoms with Crippen molar-refractivity contribution in [1.82, 2.24) is 19.6 Å². The average molecular weight is 314 g/mol. The highest BCUT2D eigenvalue weighted by Crippen LogP contribution is 2.02. The van der Waals surface area contributed by atoms with Gasteiger partial charge >= 0.3 is 0 Å². The lowest BCUT2D eigenvalue weighted by molar-refractivity contribution is 0.0512. The summed E-state index contributed by atoms with van der Waals surface area (Å²) < 4.78 is 5.82. The normalized spacial score (nSPS) is 23.2. The minimum atomic E-state index is 0.273. The smallest absolute Gasteiger partial charge is 0.0594 e. The zero-order chi connectivity index (χ0) is 15.6. The first kappa shape index (κ1) is 18.1. The van der Waals surface area contributed by atoms with Crippen LogP contribution in [0.3, 0.4) is 0 Å². The second kappa shape index (κ2) is 10.5. The van der Waals surface area contributed by atoms with Crippen LogP contribution in [-0.2, 0) is 4.74 Å². The van der Waals surface area contributed by atoms with Crippen LogP contribution in [0.4, 0.5) is 0 Å². The van der Waals surface area contributed by atoms with Crippen LogP contribution in [0.1, 0.15) is 6.92 Å². The van der Waals surface area contributed by atoms with Crippen molar-refractivity contribution >= 4 is 0 Å². The molecule has 2 rings (SSSR count). The van der Waals surface area contributed by atoms with Gasteiger partial charge in [0, 0.05) is 72.0 Å². The molecular formula is C16H34N4O2. The van der Waals surface area contributed by atoms with E-state index < -0.39 is 0 Å². The van der Waals surface area contributed by atoms with Gasteiger partial charge in [0.15, 0.2) is 0 Å². The Morgan fingerprint density at radius 1 is 0.682 bits per heavy atom. The Morgan fingerprint density at radius 2 is 1.09 bits per heavy atom. The van der Waals surface area contributed by atoms with Crippen LogP contribution in [0, 0.1) is 0 Å². The highest BCUT2D eigenvalue weighted by atomic mass is 16.5. The molecule has 2 aliphatic heterocycles. The molecule has 0 atom stereocenters. The first-order chi connectivity index (χ1) is 10.8. The van der Waals surface area contributed by atoms with Gasteiger partial charge in [-0.15, -0.1) is 0 Å². The Balaban J connectivity index is 1.43. The van der Waals surface area contributed by atoms with Crippen molar-refractivity contribution in [3.63, 3.8) is 0 Å². The summed E-state index contributed by atoms with van der Waals surface area (Å²) in [4.78, 5) is 9.81. The summed E-state index contributed by atoms with van der Waals surface area (Å²) in [6.07, 6.45) is 0. The topological polar surface area (TPSA) is 42.4 Å². The minimum Gasteiger partial charge on any atom is -0.395 e. The quantitative estimate of drug-likeness (QED) is 0.565. The molecule has 0 amide bonds. The number of aliphatic hydroxyl groups excluding tert-OH is 1. The number of piperazine rings is 2. The summed E-state index contributed by atoms with van der Waals surface area (Å²) in [5.74, 6) is 0. The molecule has 2 fully saturated rings. The lowest BCUT2D eigenvalue weighted by Crippen LogP contribution is -2.48. The van der Waals surface area contributed by atoms with Crippen LogP contribution in [0.2, 0.25) is 0 Å². The van der Waals surface area contributed by atoms with Crippen molar-refractivity contribution in [3.8, 4) is 0 Å². The van der Waals surface area contributed by atoms with Gasteiger partial charge in [0.1, 0.15) is 0 Å². The summed E-state index contributed by atoms with van der Waals surface area (Å²) in [6, 6.07) is 0. The van der Waals surface area contributed by atoms with E-state index in [1.165, 1.54) is 32.7 Å². The molecule has 1 N–H and O–H groups in total. The number of aliphatic hydroxyl groups is 1. The predicted octanol–water partition coefficient (Wildman–Crippen LogP) is -0.750. The number of β-amino-alcohol motifs (C(OH)–C–C–N with tert-alkyl or cyclic N) is 1. The van der Waals surface area contributed by atoms with Gasteiger partial charge in [-0.3, -0.25) is 14.7 Å². The Labute approximate surface area is 135 Å². The molecule has 0 unspecified atom stereocenters. The van der Waals surface area contributed by atoms with E-state index in [9.17, 15) is 0 Å². The van der Waals surface area contributed by atoms with E-state index in [1.54, 1.807) is 0 Å². The molecule has 0 aromatic carbocycles. The standard InChI is InChI=1S/C16H34N4O2/c1-2-17-3-5-19(6-4-17)12-15-22-16-13-20-9-7-18(8-10-20)11-14-21/h21H,2-16H2,1H3. The SMILES string of the molecule is CCN1CCN(CCOCCN2CCN(CCO)CC2)CC1. The fourth-order valence-corrected chi connectivity index (χ4v) is 3.20. The van der Waals surface area contributed by atoms with Gasteiger partial charge in [0.2, 0.25) is 0 Å². The molecule has 0 spiro atoms. The highest BCUT2D eigenvalue weighted by Gasteiger charge is 2.16. The number of likely N-dealkylation sites (N-methyl/N-ethyl adjacent to an activating group) is 1. The first-order valence-electron chi connectivity index (χ1n) is 8.90. The number of ether oxygens (including phenoxy) is 1. The van der Waals surface area contributed by atoms with Crippen molar-refractivity contribution < 1.29 is 9.84 Å². The molecule has 6 heteroatoms. The van der Waals surface area contributed by atoms with E-state index in [1.807, 2.05) is 0 Å². The minimum absolute atomic E-state index is 0.273. The molecule has 22 heavy (non-hydrogen) atoms. The summed E-state index contributed by atoms with van der Waals surface area (Å²) >= 11 is 0. The Bertz CT molecular complexity index is 277. The number of hydrogen-bond donors (Lipinski definition) is 1. The van der Waals surface area contributed by atoms with Crippen molar-refractivity contribution in [1.29, 1.82) is 0 Å². The highest BCUT2D eigenvalue weighted by molar-refractivity contribution is 4.72. The van der Waals surface area contributed by atoms with Crippen LogP contribution in [0.25, 0.3) is 0 Å². The first-order valence-corrected chi connectivity index (χ1v) is 8.90. The summed E-state index contributed by atoms with van der Waals surface area (Å²) in [7, 11) is 0. The van der Waals surface area contributed by atoms with E-state index in [0.29, 0.717) is 0 Å². The molecule has 2 aliphatic rings. The third-order valence-corrected chi connectivity index (χ3v) is 4.90. The van der Waals surface area contributed by atoms with E-state index in [0.717, 1.165) is 59.0 Å². The molecule has 0 aliphatic carbocycles. The van der Waals surface area contributed by atoms with E-state index >= 15 is 0 Å². The summed E-state index contributed by atoms with van der Waals surface area (Å²) in [5.41, 5.74) is 0. The van der Waals surface area contributed by atoms with E-state index in [2.05, 4.69) is 26.5 Å². The lowest BCUT2D eigenvalue weighted by atomic mass is 10.3. The van der Waals surface area contributed by atoms with E-state index in [-0.39, 0.29) is 6.61 Å². The molecule has 0 saturated carbocycles. The third-order valence-electron chi connectivity index (χ3n) is 4.90. The lowest BCUT2D eigenvalue weighted by Gasteiger charge is -2.34. The Kier molecular flexibility index (Phi) is 8.66. The maximum absolute atomic E-state index is 8.94. The van der Waals surface area contributed by atoms with Crippen molar-refractivity contribution in [2.75, 3.05) is 98.4 Å². The molecule has 2 heterocycles. The fraction of sp³-hybridized carbons (Fsp3) is 1.00. The van der Waals surface area contributed by atoms with Crippen LogP contribution in [-0.4, -0.2) is 123 Å². The molecule has 2 saturated heterocycles.